The average Bonchev–Trinajstić information content (AvgIpc) is 3.22. The quantitative estimate of drug-likeness (QED) is 0.127. The van der Waals surface area contributed by atoms with Gasteiger partial charge < -0.3 is 16.8 Å². The maximum Gasteiger partial charge on any atom is 0.322 e. The lowest BCUT2D eigenvalue weighted by molar-refractivity contribution is -0.104. The minimum absolute atomic E-state index is 0.0907. The second-order valence-electron chi connectivity index (χ2n) is 6.89. The molecule has 174 valence electrons. The van der Waals surface area contributed by atoms with Crippen molar-refractivity contribution in [3.8, 4) is 0 Å². The molecule has 0 saturated carbocycles. The van der Waals surface area contributed by atoms with Gasteiger partial charge in [-0.25, -0.2) is 5.10 Å². The van der Waals surface area contributed by atoms with Crippen LogP contribution in [0.2, 0.25) is 0 Å². The van der Waals surface area contributed by atoms with Crippen LogP contribution in [0.15, 0.2) is 58.9 Å². The van der Waals surface area contributed by atoms with Crippen LogP contribution in [0.1, 0.15) is 43.7 Å². The normalized spacial score (nSPS) is 12.0. The first-order valence-corrected chi connectivity index (χ1v) is 11.7. The van der Waals surface area contributed by atoms with Crippen molar-refractivity contribution in [3.05, 3.63) is 74.4 Å². The van der Waals surface area contributed by atoms with Gasteiger partial charge in [0.05, 0.1) is 0 Å². The van der Waals surface area contributed by atoms with Gasteiger partial charge in [-0.05, 0) is 37.4 Å². The zero-order valence-corrected chi connectivity index (χ0v) is 19.8. The van der Waals surface area contributed by atoms with Gasteiger partial charge in [0.1, 0.15) is 11.3 Å². The number of aromatic amines is 1. The minimum Gasteiger partial charge on any atom is -0.398 e. The Hall–Kier alpha value is -2.81. The number of aldehydes is 1. The molecule has 1 aromatic carbocycles. The van der Waals surface area contributed by atoms with Gasteiger partial charge in [-0.2, -0.15) is 5.10 Å². The molecule has 0 atom stereocenters. The molecular weight excluding hydrogens is 422 g/mol. The van der Waals surface area contributed by atoms with Gasteiger partial charge in [-0.15, -0.1) is 0 Å². The largest absolute Gasteiger partial charge is 0.398 e. The van der Waals surface area contributed by atoms with Crippen LogP contribution >= 0.6 is 11.3 Å². The zero-order valence-electron chi connectivity index (χ0n) is 19.0. The van der Waals surface area contributed by atoms with Gasteiger partial charge in [0, 0.05) is 36.3 Å². The molecule has 1 aromatic heterocycles. The van der Waals surface area contributed by atoms with Gasteiger partial charge in [-0.3, -0.25) is 9.59 Å². The summed E-state index contributed by atoms with van der Waals surface area (Å²) < 4.78 is 0. The summed E-state index contributed by atoms with van der Waals surface area (Å²) in [5.41, 5.74) is 15.1. The highest BCUT2D eigenvalue weighted by Gasteiger charge is 2.04. The first-order chi connectivity index (χ1) is 15.5. The molecule has 6 N–H and O–H groups in total. The number of nitrogens with one attached hydrogen (secondary N) is 2. The average molecular weight is 458 g/mol. The van der Waals surface area contributed by atoms with Crippen LogP contribution in [0.3, 0.4) is 0 Å². The van der Waals surface area contributed by atoms with E-state index in [0.717, 1.165) is 71.7 Å². The van der Waals surface area contributed by atoms with Gasteiger partial charge in [-0.1, -0.05) is 67.7 Å². The molecule has 2 aromatic rings. The summed E-state index contributed by atoms with van der Waals surface area (Å²) in [5.74, 6) is 0. The lowest BCUT2D eigenvalue weighted by atomic mass is 10.0. The van der Waals surface area contributed by atoms with Gasteiger partial charge in [0.15, 0.2) is 0 Å². The Kier molecular flexibility index (Phi) is 14.3. The fourth-order valence-corrected chi connectivity index (χ4v) is 3.45. The number of aromatic nitrogens is 2. The highest BCUT2D eigenvalue weighted by Crippen LogP contribution is 2.21. The van der Waals surface area contributed by atoms with E-state index in [9.17, 15) is 9.59 Å². The number of anilines is 1. The topological polar surface area (TPSA) is 127 Å². The summed E-state index contributed by atoms with van der Waals surface area (Å²) in [4.78, 5) is 21.2. The lowest BCUT2D eigenvalue weighted by Crippen LogP contribution is -2.17. The molecule has 0 saturated heterocycles. The summed E-state index contributed by atoms with van der Waals surface area (Å²) in [7, 11) is 0. The fourth-order valence-electron chi connectivity index (χ4n) is 2.81. The van der Waals surface area contributed by atoms with Crippen LogP contribution in [0.5, 0.6) is 0 Å². The molecule has 0 unspecified atom stereocenters. The molecule has 0 radical (unpaired) electrons. The van der Waals surface area contributed by atoms with Crippen LogP contribution in [-0.2, 0) is 11.2 Å². The molecule has 1 heterocycles. The minimum atomic E-state index is -0.0907. The first kappa shape index (κ1) is 27.2. The zero-order chi connectivity index (χ0) is 23.6. The second-order valence-corrected chi connectivity index (χ2v) is 7.93. The maximum absolute atomic E-state index is 10.8. The third-order valence-electron chi connectivity index (χ3n) is 4.30. The monoisotopic (exact) mass is 457 g/mol. The van der Waals surface area contributed by atoms with Crippen molar-refractivity contribution < 1.29 is 4.79 Å². The number of allylic oxidation sites excluding steroid dienone is 4. The summed E-state index contributed by atoms with van der Waals surface area (Å²) in [6, 6.07) is 7.91. The SMILES string of the molecule is CC/C=C(C=O)\C=C/CNC/C(=C/CC)c1ccccc1N.NCCCc1n[nH]c(=O)s1. The summed E-state index contributed by atoms with van der Waals surface area (Å²) in [6.07, 6.45) is 12.3. The molecular formula is C24H35N5O2S. The third-order valence-corrected chi connectivity index (χ3v) is 5.11. The van der Waals surface area contributed by atoms with Crippen LogP contribution in [0.4, 0.5) is 5.69 Å². The van der Waals surface area contributed by atoms with Crippen molar-refractivity contribution in [1.29, 1.82) is 0 Å². The van der Waals surface area contributed by atoms with Gasteiger partial charge >= 0.3 is 4.87 Å². The number of hydrogen-bond donors (Lipinski definition) is 4. The molecule has 0 aliphatic carbocycles. The van der Waals surface area contributed by atoms with E-state index in [1.54, 1.807) is 0 Å². The molecule has 0 aliphatic heterocycles. The number of carbonyl (C=O) groups is 1. The van der Waals surface area contributed by atoms with Crippen molar-refractivity contribution in [2.45, 2.75) is 39.5 Å². The number of H-pyrrole nitrogens is 1. The Morgan fingerprint density at radius 2 is 1.97 bits per heavy atom. The highest BCUT2D eigenvalue weighted by atomic mass is 32.1. The molecule has 8 heteroatoms. The number of aryl methyl sites for hydroxylation is 1. The van der Waals surface area contributed by atoms with E-state index in [4.69, 9.17) is 11.5 Å². The molecule has 0 bridgehead atoms. The molecule has 32 heavy (non-hydrogen) atoms. The van der Waals surface area contributed by atoms with Crippen molar-refractivity contribution in [1.82, 2.24) is 15.5 Å². The van der Waals surface area contributed by atoms with E-state index in [-0.39, 0.29) is 4.87 Å². The van der Waals surface area contributed by atoms with Crippen LogP contribution in [-0.4, -0.2) is 36.1 Å². The Balaban J connectivity index is 0.000000425. The molecule has 2 rings (SSSR count). The number of hydrogen-bond acceptors (Lipinski definition) is 7. The van der Waals surface area contributed by atoms with E-state index >= 15 is 0 Å². The Morgan fingerprint density at radius 3 is 2.56 bits per heavy atom. The summed E-state index contributed by atoms with van der Waals surface area (Å²) in [6.45, 7) is 6.24. The molecule has 0 fully saturated rings. The standard InChI is InChI=1S/C19H26N2O.C5H9N3OS/c1-3-8-16(15-22)10-7-13-21-14-17(9-4-2)18-11-5-6-12-19(18)20;6-3-1-2-4-7-8-5(9)10-4/h5-12,15,21H,3-4,13-14,20H2,1-2H3;1-3,6H2,(H,8,9)/b10-7-,16-8+,17-9-;. The van der Waals surface area contributed by atoms with Crippen molar-refractivity contribution in [3.63, 3.8) is 0 Å². The second kappa shape index (κ2) is 16.8. The van der Waals surface area contributed by atoms with E-state index in [2.05, 4.69) is 28.5 Å². The van der Waals surface area contributed by atoms with Crippen LogP contribution < -0.4 is 21.7 Å². The summed E-state index contributed by atoms with van der Waals surface area (Å²) >= 11 is 1.15. The van der Waals surface area contributed by atoms with Crippen molar-refractivity contribution in [2.24, 2.45) is 5.73 Å². The van der Waals surface area contributed by atoms with E-state index in [0.29, 0.717) is 13.1 Å². The maximum atomic E-state index is 10.8. The summed E-state index contributed by atoms with van der Waals surface area (Å²) in [5, 5.41) is 10.3. The fraction of sp³-hybridized carbons (Fsp3) is 0.375. The molecule has 0 aliphatic rings. The predicted octanol–water partition coefficient (Wildman–Crippen LogP) is 3.47. The van der Waals surface area contributed by atoms with Crippen molar-refractivity contribution in [2.75, 3.05) is 25.4 Å². The predicted molar refractivity (Wildman–Crippen MR) is 136 cm³/mol. The number of para-hydroxylation sites is 1. The van der Waals surface area contributed by atoms with Crippen LogP contribution in [0, 0.1) is 0 Å². The Bertz CT molecular complexity index is 944. The smallest absolute Gasteiger partial charge is 0.322 e. The molecule has 0 spiro atoms. The lowest BCUT2D eigenvalue weighted by Gasteiger charge is -2.11. The van der Waals surface area contributed by atoms with E-state index in [1.165, 1.54) is 5.57 Å². The van der Waals surface area contributed by atoms with E-state index in [1.807, 2.05) is 49.4 Å². The van der Waals surface area contributed by atoms with Crippen molar-refractivity contribution >= 4 is 28.9 Å². The van der Waals surface area contributed by atoms with Crippen LogP contribution in [0.25, 0.3) is 5.57 Å². The third kappa shape index (κ3) is 11.0. The molecule has 7 nitrogen and oxygen atoms in total. The number of benzene rings is 1. The van der Waals surface area contributed by atoms with Gasteiger partial charge in [0.25, 0.3) is 0 Å². The molecule has 0 amide bonds. The van der Waals surface area contributed by atoms with E-state index < -0.39 is 0 Å². The van der Waals surface area contributed by atoms with Gasteiger partial charge in [0.2, 0.25) is 0 Å². The number of carbonyl (C=O) groups excluding carboxylic acids is 1. The number of nitrogen functional groups attached to an aromatic ring is 1. The number of nitrogens with two attached hydrogens (primary N) is 2. The Morgan fingerprint density at radius 1 is 1.22 bits per heavy atom. The number of rotatable bonds is 12. The number of nitrogens with zero attached hydrogens (tertiary/aromatic N) is 1. The first-order valence-electron chi connectivity index (χ1n) is 10.9. The Labute approximate surface area is 194 Å². The highest BCUT2D eigenvalue weighted by molar-refractivity contribution is 7.08.